The molecule has 2 aromatic rings. The van der Waals surface area contributed by atoms with Crippen LogP contribution < -0.4 is 14.8 Å². The number of methoxy groups -OCH3 is 1. The van der Waals surface area contributed by atoms with Crippen molar-refractivity contribution in [1.29, 1.82) is 0 Å². The molecule has 1 aliphatic carbocycles. The van der Waals surface area contributed by atoms with Crippen molar-refractivity contribution in [1.82, 2.24) is 5.32 Å². The van der Waals surface area contributed by atoms with Gasteiger partial charge >= 0.3 is 0 Å². The molecule has 32 heavy (non-hydrogen) atoms. The quantitative estimate of drug-likeness (QED) is 0.518. The molecule has 6 heteroatoms. The highest BCUT2D eigenvalue weighted by atomic mass is 79.9. The number of benzene rings is 2. The number of carbonyl (C=O) groups is 1. The van der Waals surface area contributed by atoms with Crippen molar-refractivity contribution >= 4 is 21.8 Å². The van der Waals surface area contributed by atoms with E-state index in [0.717, 1.165) is 42.1 Å². The fraction of sp³-hybridized carbons (Fsp3) is 0.423. The lowest BCUT2D eigenvalue weighted by molar-refractivity contribution is -0.130. The van der Waals surface area contributed by atoms with Gasteiger partial charge in [-0.3, -0.25) is 4.79 Å². The van der Waals surface area contributed by atoms with Gasteiger partial charge in [0.1, 0.15) is 6.61 Å². The van der Waals surface area contributed by atoms with E-state index in [1.807, 2.05) is 37.3 Å². The summed E-state index contributed by atoms with van der Waals surface area (Å²) in [6.07, 6.45) is 3.58. The molecule has 1 saturated carbocycles. The first-order valence-electron chi connectivity index (χ1n) is 11.0. The molecule has 0 aromatic heterocycles. The zero-order chi connectivity index (χ0) is 22.9. The maximum Gasteiger partial charge on any atom is 0.253 e. The molecule has 0 heterocycles. The van der Waals surface area contributed by atoms with Gasteiger partial charge in [0.25, 0.3) is 5.91 Å². The van der Waals surface area contributed by atoms with Crippen LogP contribution in [0.1, 0.15) is 62.2 Å². The van der Waals surface area contributed by atoms with Crippen LogP contribution in [0.15, 0.2) is 46.9 Å². The second-order valence-corrected chi connectivity index (χ2v) is 8.78. The first kappa shape index (κ1) is 24.2. The van der Waals surface area contributed by atoms with E-state index < -0.39 is 6.10 Å². The zero-order valence-corrected chi connectivity index (χ0v) is 20.2. The SMILES string of the molecule is CCC#CCOc1ccc([C@H]2CCCC[C@@H]2NC(=O)C(O)c2ccc(Br)cc2)cc1OC. The van der Waals surface area contributed by atoms with Crippen molar-refractivity contribution in [3.05, 3.63) is 58.1 Å². The number of rotatable bonds is 7. The Hall–Kier alpha value is -2.49. The van der Waals surface area contributed by atoms with Gasteiger partial charge in [-0.25, -0.2) is 0 Å². The van der Waals surface area contributed by atoms with Crippen LogP contribution in [0.2, 0.25) is 0 Å². The molecule has 1 amide bonds. The van der Waals surface area contributed by atoms with Gasteiger partial charge in [0.05, 0.1) is 7.11 Å². The fourth-order valence-corrected chi connectivity index (χ4v) is 4.35. The van der Waals surface area contributed by atoms with Crippen LogP contribution in [0.4, 0.5) is 0 Å². The lowest BCUT2D eigenvalue weighted by Gasteiger charge is -2.33. The zero-order valence-electron chi connectivity index (χ0n) is 18.6. The minimum absolute atomic E-state index is 0.0479. The molecule has 0 aliphatic heterocycles. The lowest BCUT2D eigenvalue weighted by atomic mass is 9.79. The molecule has 2 N–H and O–H groups in total. The summed E-state index contributed by atoms with van der Waals surface area (Å²) < 4.78 is 12.2. The van der Waals surface area contributed by atoms with E-state index in [1.165, 1.54) is 0 Å². The maximum absolute atomic E-state index is 12.8. The van der Waals surface area contributed by atoms with Gasteiger partial charge in [0.2, 0.25) is 0 Å². The van der Waals surface area contributed by atoms with E-state index in [-0.39, 0.29) is 17.9 Å². The van der Waals surface area contributed by atoms with Gasteiger partial charge in [-0.05, 0) is 48.2 Å². The Morgan fingerprint density at radius 1 is 1.16 bits per heavy atom. The van der Waals surface area contributed by atoms with E-state index in [1.54, 1.807) is 19.2 Å². The number of aliphatic hydroxyl groups is 1. The largest absolute Gasteiger partial charge is 0.493 e. The summed E-state index contributed by atoms with van der Waals surface area (Å²) in [5.74, 6) is 7.05. The van der Waals surface area contributed by atoms with Gasteiger partial charge in [0, 0.05) is 22.9 Å². The summed E-state index contributed by atoms with van der Waals surface area (Å²) in [4.78, 5) is 12.8. The average Bonchev–Trinajstić information content (AvgIpc) is 2.82. The van der Waals surface area contributed by atoms with Crippen LogP contribution in [-0.4, -0.2) is 30.8 Å². The third-order valence-electron chi connectivity index (χ3n) is 5.75. The average molecular weight is 500 g/mol. The Kier molecular flexibility index (Phi) is 9.01. The summed E-state index contributed by atoms with van der Waals surface area (Å²) in [6, 6.07) is 13.0. The monoisotopic (exact) mass is 499 g/mol. The van der Waals surface area contributed by atoms with Crippen molar-refractivity contribution in [3.63, 3.8) is 0 Å². The molecule has 1 aliphatic rings. The number of halogens is 1. The fourth-order valence-electron chi connectivity index (χ4n) is 4.08. The standard InChI is InChI=1S/C26H30BrNO4/c1-3-4-7-16-32-23-15-12-19(17-24(23)31-2)21-8-5-6-9-22(21)28-26(30)25(29)18-10-13-20(27)14-11-18/h10-15,17,21-22,25,29H,3,5-6,8-9,16H2,1-2H3,(H,28,30)/t21-,22+,25?/m1/s1. The Balaban J connectivity index is 1.72. The van der Waals surface area contributed by atoms with Gasteiger partial charge in [-0.15, -0.1) is 5.92 Å². The van der Waals surface area contributed by atoms with Crippen molar-refractivity contribution in [3.8, 4) is 23.3 Å². The molecule has 3 atom stereocenters. The first-order valence-corrected chi connectivity index (χ1v) is 11.8. The second-order valence-electron chi connectivity index (χ2n) is 7.87. The molecule has 0 radical (unpaired) electrons. The molecule has 5 nitrogen and oxygen atoms in total. The minimum atomic E-state index is -1.19. The molecular formula is C26H30BrNO4. The predicted molar refractivity (Wildman–Crippen MR) is 129 cm³/mol. The Bertz CT molecular complexity index is 964. The summed E-state index contributed by atoms with van der Waals surface area (Å²) in [5, 5.41) is 13.6. The maximum atomic E-state index is 12.8. The van der Waals surface area contributed by atoms with Crippen molar-refractivity contribution in [2.24, 2.45) is 0 Å². The number of hydrogen-bond acceptors (Lipinski definition) is 4. The highest BCUT2D eigenvalue weighted by molar-refractivity contribution is 9.10. The molecule has 2 aromatic carbocycles. The molecule has 1 unspecified atom stereocenters. The topological polar surface area (TPSA) is 67.8 Å². The van der Waals surface area contributed by atoms with Gasteiger partial charge in [-0.1, -0.05) is 59.8 Å². The molecular weight excluding hydrogens is 470 g/mol. The van der Waals surface area contributed by atoms with Crippen LogP contribution >= 0.6 is 15.9 Å². The number of ether oxygens (including phenoxy) is 2. The van der Waals surface area contributed by atoms with Crippen molar-refractivity contribution < 1.29 is 19.4 Å². The highest BCUT2D eigenvalue weighted by Gasteiger charge is 2.30. The highest BCUT2D eigenvalue weighted by Crippen LogP contribution is 2.38. The first-order chi connectivity index (χ1) is 15.5. The van der Waals surface area contributed by atoms with E-state index in [4.69, 9.17) is 9.47 Å². The summed E-state index contributed by atoms with van der Waals surface area (Å²) in [5.41, 5.74) is 1.67. The van der Waals surface area contributed by atoms with Crippen molar-refractivity contribution in [2.45, 2.75) is 57.1 Å². The summed E-state index contributed by atoms with van der Waals surface area (Å²) >= 11 is 3.37. The Labute approximate surface area is 198 Å². The predicted octanol–water partition coefficient (Wildman–Crippen LogP) is 5.13. The van der Waals surface area contributed by atoms with Crippen molar-refractivity contribution in [2.75, 3.05) is 13.7 Å². The van der Waals surface area contributed by atoms with Gasteiger partial charge < -0.3 is 19.9 Å². The molecule has 0 spiro atoms. The van der Waals surface area contributed by atoms with Gasteiger partial charge in [-0.2, -0.15) is 0 Å². The molecule has 170 valence electrons. The van der Waals surface area contributed by atoms with Gasteiger partial charge in [0.15, 0.2) is 17.6 Å². The second kappa shape index (κ2) is 11.9. The lowest BCUT2D eigenvalue weighted by Crippen LogP contribution is -2.43. The van der Waals surface area contributed by atoms with E-state index in [9.17, 15) is 9.90 Å². The number of amides is 1. The Morgan fingerprint density at radius 2 is 1.91 bits per heavy atom. The number of hydrogen-bond donors (Lipinski definition) is 2. The number of carbonyl (C=O) groups excluding carboxylic acids is 1. The van der Waals surface area contributed by atoms with Crippen LogP contribution in [0, 0.1) is 11.8 Å². The minimum Gasteiger partial charge on any atom is -0.493 e. The van der Waals surface area contributed by atoms with E-state index in [2.05, 4.69) is 33.1 Å². The molecule has 0 bridgehead atoms. The van der Waals surface area contributed by atoms with Crippen LogP contribution in [0.3, 0.4) is 0 Å². The molecule has 3 rings (SSSR count). The third kappa shape index (κ3) is 6.27. The number of aliphatic hydroxyl groups excluding tert-OH is 1. The third-order valence-corrected chi connectivity index (χ3v) is 6.27. The smallest absolute Gasteiger partial charge is 0.253 e. The van der Waals surface area contributed by atoms with Crippen LogP contribution in [0.5, 0.6) is 11.5 Å². The van der Waals surface area contributed by atoms with E-state index >= 15 is 0 Å². The van der Waals surface area contributed by atoms with E-state index in [0.29, 0.717) is 23.7 Å². The summed E-state index contributed by atoms with van der Waals surface area (Å²) in [6.45, 7) is 2.32. The Morgan fingerprint density at radius 3 is 2.62 bits per heavy atom. The van der Waals surface area contributed by atoms with Crippen LogP contribution in [-0.2, 0) is 4.79 Å². The normalized spacial score (nSPS) is 18.8. The molecule has 0 saturated heterocycles. The summed E-state index contributed by atoms with van der Waals surface area (Å²) in [7, 11) is 1.62. The number of nitrogens with one attached hydrogen (secondary N) is 1. The molecule has 1 fully saturated rings. The van der Waals surface area contributed by atoms with Crippen LogP contribution in [0.25, 0.3) is 0 Å².